The van der Waals surface area contributed by atoms with Gasteiger partial charge in [0.05, 0.1) is 5.56 Å². The summed E-state index contributed by atoms with van der Waals surface area (Å²) in [7, 11) is 0. The van der Waals surface area contributed by atoms with E-state index in [0.717, 1.165) is 12.1 Å². The second-order valence-electron chi connectivity index (χ2n) is 4.48. The maximum Gasteiger partial charge on any atom is 0.573 e. The maximum absolute atomic E-state index is 12.0. The second-order valence-corrected chi connectivity index (χ2v) is 5.39. The van der Waals surface area contributed by atoms with Crippen LogP contribution in [0.15, 0.2) is 53.0 Å². The summed E-state index contributed by atoms with van der Waals surface area (Å²) in [5.74, 6) is -0.929. The van der Waals surface area contributed by atoms with E-state index in [0.29, 0.717) is 10.0 Å². The average Bonchev–Trinajstić information content (AvgIpc) is 2.47. The van der Waals surface area contributed by atoms with Crippen molar-refractivity contribution in [1.29, 1.82) is 0 Å². The molecule has 0 saturated heterocycles. The third-order valence-electron chi connectivity index (χ3n) is 2.76. The van der Waals surface area contributed by atoms with Crippen molar-refractivity contribution in [1.82, 2.24) is 0 Å². The normalized spacial score (nSPS) is 11.7. The van der Waals surface area contributed by atoms with E-state index >= 15 is 0 Å². The summed E-state index contributed by atoms with van der Waals surface area (Å²) in [6, 6.07) is 9.51. The van der Waals surface area contributed by atoms with Gasteiger partial charge in [-0.05, 0) is 42.0 Å². The molecule has 2 rings (SSSR count). The Balaban J connectivity index is 2.11. The van der Waals surface area contributed by atoms with E-state index in [-0.39, 0.29) is 17.1 Å². The molecule has 2 aromatic carbocycles. The number of carbonyl (C=O) groups is 1. The van der Waals surface area contributed by atoms with Crippen LogP contribution in [0.3, 0.4) is 0 Å². The van der Waals surface area contributed by atoms with Crippen molar-refractivity contribution in [3.63, 3.8) is 0 Å². The number of carbonyl (C=O) groups excluding carboxylic acids is 1. The van der Waals surface area contributed by atoms with Gasteiger partial charge in [0, 0.05) is 4.47 Å². The lowest BCUT2D eigenvalue weighted by molar-refractivity contribution is -0.274. The molecule has 3 nitrogen and oxygen atoms in total. The predicted octanol–water partition coefficient (Wildman–Crippen LogP) is 4.95. The lowest BCUT2D eigenvalue weighted by Gasteiger charge is -2.08. The minimum Gasteiger partial charge on any atom is -0.507 e. The van der Waals surface area contributed by atoms with Gasteiger partial charge in [0.15, 0.2) is 5.78 Å². The number of hydrogen-bond donors (Lipinski definition) is 1. The van der Waals surface area contributed by atoms with Gasteiger partial charge >= 0.3 is 6.36 Å². The van der Waals surface area contributed by atoms with Crippen LogP contribution in [-0.2, 0) is 0 Å². The molecule has 0 amide bonds. The molecule has 0 aliphatic carbocycles. The molecule has 0 unspecified atom stereocenters. The van der Waals surface area contributed by atoms with Crippen molar-refractivity contribution >= 4 is 27.8 Å². The van der Waals surface area contributed by atoms with Gasteiger partial charge in [0.1, 0.15) is 11.5 Å². The molecular weight excluding hydrogens is 377 g/mol. The molecule has 0 aliphatic heterocycles. The largest absolute Gasteiger partial charge is 0.573 e. The first kappa shape index (κ1) is 17.1. The van der Waals surface area contributed by atoms with Crippen LogP contribution < -0.4 is 4.74 Å². The van der Waals surface area contributed by atoms with Crippen LogP contribution in [0, 0.1) is 0 Å². The maximum atomic E-state index is 12.0. The van der Waals surface area contributed by atoms with Gasteiger partial charge in [0.25, 0.3) is 0 Å². The molecule has 23 heavy (non-hydrogen) atoms. The van der Waals surface area contributed by atoms with E-state index < -0.39 is 12.1 Å². The number of alkyl halides is 3. The summed E-state index contributed by atoms with van der Waals surface area (Å²) < 4.78 is 40.5. The monoisotopic (exact) mass is 386 g/mol. The van der Waals surface area contributed by atoms with Gasteiger partial charge in [-0.2, -0.15) is 0 Å². The molecule has 0 heterocycles. The zero-order valence-corrected chi connectivity index (χ0v) is 13.1. The molecule has 120 valence electrons. The minimum absolute atomic E-state index is 0.118. The molecule has 2 aromatic rings. The number of rotatable bonds is 4. The standard InChI is InChI=1S/C16H10BrF3O3/c17-11-4-8-15(22)13(9-11)14(21)7-3-10-1-5-12(6-2-10)23-16(18,19)20/h1-9,22H. The molecule has 0 spiro atoms. The Bertz CT molecular complexity index is 737. The second kappa shape index (κ2) is 6.87. The van der Waals surface area contributed by atoms with Crippen LogP contribution in [0.2, 0.25) is 0 Å². The van der Waals surface area contributed by atoms with Gasteiger partial charge in [-0.1, -0.05) is 34.1 Å². The van der Waals surface area contributed by atoms with Crippen molar-refractivity contribution in [2.75, 3.05) is 0 Å². The van der Waals surface area contributed by atoms with E-state index in [2.05, 4.69) is 20.7 Å². The topological polar surface area (TPSA) is 46.5 Å². The van der Waals surface area contributed by atoms with Crippen LogP contribution in [-0.4, -0.2) is 17.3 Å². The third-order valence-corrected chi connectivity index (χ3v) is 3.26. The van der Waals surface area contributed by atoms with E-state index in [4.69, 9.17) is 0 Å². The average molecular weight is 387 g/mol. The quantitative estimate of drug-likeness (QED) is 0.597. The number of benzene rings is 2. The predicted molar refractivity (Wildman–Crippen MR) is 82.3 cm³/mol. The fourth-order valence-corrected chi connectivity index (χ4v) is 2.11. The van der Waals surface area contributed by atoms with Crippen molar-refractivity contribution < 1.29 is 27.8 Å². The highest BCUT2D eigenvalue weighted by atomic mass is 79.9. The highest BCUT2D eigenvalue weighted by Crippen LogP contribution is 2.24. The minimum atomic E-state index is -4.74. The number of ether oxygens (including phenoxy) is 1. The number of phenols is 1. The van der Waals surface area contributed by atoms with Crippen LogP contribution in [0.4, 0.5) is 13.2 Å². The zero-order valence-electron chi connectivity index (χ0n) is 11.5. The highest BCUT2D eigenvalue weighted by Gasteiger charge is 2.30. The van der Waals surface area contributed by atoms with Gasteiger partial charge in [-0.15, -0.1) is 13.2 Å². The first-order valence-corrected chi connectivity index (χ1v) is 7.10. The van der Waals surface area contributed by atoms with Crippen LogP contribution >= 0.6 is 15.9 Å². The number of phenolic OH excluding ortho intramolecular Hbond substituents is 1. The van der Waals surface area contributed by atoms with Crippen LogP contribution in [0.5, 0.6) is 11.5 Å². The van der Waals surface area contributed by atoms with Gasteiger partial charge in [-0.3, -0.25) is 4.79 Å². The Hall–Kier alpha value is -2.28. The summed E-state index contributed by atoms with van der Waals surface area (Å²) in [5.41, 5.74) is 0.634. The Kier molecular flexibility index (Phi) is 5.10. The molecule has 0 atom stereocenters. The van der Waals surface area contributed by atoms with Crippen LogP contribution in [0.25, 0.3) is 6.08 Å². The fourth-order valence-electron chi connectivity index (χ4n) is 1.75. The Morgan fingerprint density at radius 2 is 1.78 bits per heavy atom. The smallest absolute Gasteiger partial charge is 0.507 e. The van der Waals surface area contributed by atoms with E-state index in [1.54, 1.807) is 6.07 Å². The molecule has 1 N–H and O–H groups in total. The summed E-state index contributed by atoms with van der Waals surface area (Å²) in [4.78, 5) is 12.0. The highest BCUT2D eigenvalue weighted by molar-refractivity contribution is 9.10. The number of allylic oxidation sites excluding steroid dienone is 1. The fraction of sp³-hybridized carbons (Fsp3) is 0.0625. The third kappa shape index (κ3) is 5.14. The molecule has 0 bridgehead atoms. The van der Waals surface area contributed by atoms with Crippen molar-refractivity contribution in [3.8, 4) is 11.5 Å². The molecule has 0 aliphatic rings. The number of ketones is 1. The van der Waals surface area contributed by atoms with Crippen molar-refractivity contribution in [2.24, 2.45) is 0 Å². The number of hydrogen-bond acceptors (Lipinski definition) is 3. The zero-order chi connectivity index (χ0) is 17.0. The van der Waals surface area contributed by atoms with E-state index in [9.17, 15) is 23.1 Å². The molecule has 0 fully saturated rings. The van der Waals surface area contributed by atoms with Crippen molar-refractivity contribution in [2.45, 2.75) is 6.36 Å². The Morgan fingerprint density at radius 3 is 2.39 bits per heavy atom. The molecular formula is C16H10BrF3O3. The Morgan fingerprint density at radius 1 is 1.13 bits per heavy atom. The first-order chi connectivity index (χ1) is 10.7. The van der Waals surface area contributed by atoms with Gasteiger partial charge < -0.3 is 9.84 Å². The van der Waals surface area contributed by atoms with E-state index in [1.807, 2.05) is 0 Å². The molecule has 0 aromatic heterocycles. The Labute approximate surface area is 138 Å². The van der Waals surface area contributed by atoms with Gasteiger partial charge in [-0.25, -0.2) is 0 Å². The number of aromatic hydroxyl groups is 1. The molecule has 7 heteroatoms. The summed E-state index contributed by atoms with van der Waals surface area (Å²) in [6.07, 6.45) is -2.09. The first-order valence-electron chi connectivity index (χ1n) is 6.31. The van der Waals surface area contributed by atoms with E-state index in [1.165, 1.54) is 36.4 Å². The molecule has 0 radical (unpaired) electrons. The number of halogens is 4. The lowest BCUT2D eigenvalue weighted by atomic mass is 10.1. The van der Waals surface area contributed by atoms with Crippen LogP contribution in [0.1, 0.15) is 15.9 Å². The summed E-state index contributed by atoms with van der Waals surface area (Å²) in [5, 5.41) is 9.65. The molecule has 0 saturated carbocycles. The SMILES string of the molecule is O=C(C=Cc1ccc(OC(F)(F)F)cc1)c1cc(Br)ccc1O. The summed E-state index contributed by atoms with van der Waals surface area (Å²) in [6.45, 7) is 0. The van der Waals surface area contributed by atoms with Gasteiger partial charge in [0.2, 0.25) is 0 Å². The van der Waals surface area contributed by atoms with Crippen molar-refractivity contribution in [3.05, 3.63) is 64.1 Å². The lowest BCUT2D eigenvalue weighted by Crippen LogP contribution is -2.16. The summed E-state index contributed by atoms with van der Waals surface area (Å²) >= 11 is 3.20.